The van der Waals surface area contributed by atoms with Crippen LogP contribution in [0.15, 0.2) is 0 Å². The van der Waals surface area contributed by atoms with Crippen molar-refractivity contribution in [2.45, 2.75) is 59.3 Å². The van der Waals surface area contributed by atoms with Gasteiger partial charge in [-0.05, 0) is 19.3 Å². The first-order valence-electron chi connectivity index (χ1n) is 5.92. The Balaban J connectivity index is 3.58. The van der Waals surface area contributed by atoms with Crippen molar-refractivity contribution in [2.75, 3.05) is 6.61 Å². The molecular weight excluding hydrogens is 176 g/mol. The Hall–Kier alpha value is -0.530. The van der Waals surface area contributed by atoms with Gasteiger partial charge in [0.15, 0.2) is 0 Å². The van der Waals surface area contributed by atoms with Crippen molar-refractivity contribution < 1.29 is 9.53 Å². The lowest BCUT2D eigenvalue weighted by atomic mass is 10.0. The van der Waals surface area contributed by atoms with Crippen LogP contribution in [-0.4, -0.2) is 12.6 Å². The van der Waals surface area contributed by atoms with E-state index in [0.717, 1.165) is 32.1 Å². The highest BCUT2D eigenvalue weighted by atomic mass is 16.5. The number of hydrogen-bond acceptors (Lipinski definition) is 2. The molecule has 0 bridgehead atoms. The van der Waals surface area contributed by atoms with E-state index in [-0.39, 0.29) is 11.9 Å². The summed E-state index contributed by atoms with van der Waals surface area (Å²) in [5, 5.41) is 0. The van der Waals surface area contributed by atoms with Crippen LogP contribution >= 0.6 is 0 Å². The molecule has 14 heavy (non-hydrogen) atoms. The van der Waals surface area contributed by atoms with E-state index in [1.165, 1.54) is 6.42 Å². The Bertz CT molecular complexity index is 143. The van der Waals surface area contributed by atoms with E-state index in [9.17, 15) is 4.79 Å². The van der Waals surface area contributed by atoms with Crippen LogP contribution in [0.4, 0.5) is 0 Å². The van der Waals surface area contributed by atoms with Crippen LogP contribution in [0.1, 0.15) is 59.3 Å². The fourth-order valence-corrected chi connectivity index (χ4v) is 1.48. The van der Waals surface area contributed by atoms with Gasteiger partial charge in [-0.25, -0.2) is 0 Å². The predicted molar refractivity (Wildman–Crippen MR) is 59.2 cm³/mol. The maximum atomic E-state index is 11.5. The van der Waals surface area contributed by atoms with E-state index in [0.29, 0.717) is 6.61 Å². The molecule has 0 saturated carbocycles. The molecule has 2 heteroatoms. The van der Waals surface area contributed by atoms with E-state index in [2.05, 4.69) is 13.8 Å². The number of unbranched alkanes of at least 4 members (excludes halogenated alkanes) is 2. The number of esters is 1. The Labute approximate surface area is 88.0 Å². The second-order valence-electron chi connectivity index (χ2n) is 3.77. The van der Waals surface area contributed by atoms with Crippen LogP contribution in [0.2, 0.25) is 0 Å². The molecule has 0 aliphatic carbocycles. The van der Waals surface area contributed by atoms with Gasteiger partial charge < -0.3 is 4.74 Å². The third-order valence-corrected chi connectivity index (χ3v) is 2.46. The number of carbonyl (C=O) groups is 1. The summed E-state index contributed by atoms with van der Waals surface area (Å²) in [6.45, 7) is 6.90. The van der Waals surface area contributed by atoms with E-state index in [1.807, 2.05) is 6.92 Å². The highest BCUT2D eigenvalue weighted by Gasteiger charge is 2.16. The van der Waals surface area contributed by atoms with Crippen LogP contribution < -0.4 is 0 Å². The lowest BCUT2D eigenvalue weighted by molar-refractivity contribution is -0.149. The van der Waals surface area contributed by atoms with E-state index in [4.69, 9.17) is 4.74 Å². The Kier molecular flexibility index (Phi) is 8.70. The van der Waals surface area contributed by atoms with Gasteiger partial charge in [-0.3, -0.25) is 4.79 Å². The molecule has 0 amide bonds. The summed E-state index contributed by atoms with van der Waals surface area (Å²) in [4.78, 5) is 11.5. The zero-order valence-electron chi connectivity index (χ0n) is 9.84. The topological polar surface area (TPSA) is 26.3 Å². The van der Waals surface area contributed by atoms with Gasteiger partial charge in [-0.15, -0.1) is 0 Å². The standard InChI is InChI=1S/C12H24O2/c1-4-7-8-10-14-12(13)11(6-3)9-5-2/h11H,4-10H2,1-3H3. The molecule has 0 spiro atoms. The summed E-state index contributed by atoms with van der Waals surface area (Å²) in [6.07, 6.45) is 6.25. The Morgan fingerprint density at radius 3 is 2.36 bits per heavy atom. The molecule has 0 radical (unpaired) electrons. The van der Waals surface area contributed by atoms with Gasteiger partial charge in [0.25, 0.3) is 0 Å². The zero-order chi connectivity index (χ0) is 10.8. The van der Waals surface area contributed by atoms with Crippen LogP contribution in [0.3, 0.4) is 0 Å². The van der Waals surface area contributed by atoms with Crippen molar-refractivity contribution in [3.8, 4) is 0 Å². The molecule has 0 heterocycles. The molecule has 0 N–H and O–H groups in total. The molecule has 0 aliphatic rings. The van der Waals surface area contributed by atoms with Gasteiger partial charge >= 0.3 is 5.97 Å². The first kappa shape index (κ1) is 13.5. The molecule has 84 valence electrons. The molecule has 0 saturated heterocycles. The Morgan fingerprint density at radius 1 is 1.14 bits per heavy atom. The molecule has 0 aromatic heterocycles. The van der Waals surface area contributed by atoms with Gasteiger partial charge in [-0.2, -0.15) is 0 Å². The summed E-state index contributed by atoms with van der Waals surface area (Å²) in [5.74, 6) is 0.132. The second kappa shape index (κ2) is 9.04. The smallest absolute Gasteiger partial charge is 0.308 e. The summed E-state index contributed by atoms with van der Waals surface area (Å²) in [6, 6.07) is 0. The van der Waals surface area contributed by atoms with Crippen molar-refractivity contribution in [1.82, 2.24) is 0 Å². The number of carbonyl (C=O) groups excluding carboxylic acids is 1. The van der Waals surface area contributed by atoms with Gasteiger partial charge in [0, 0.05) is 0 Å². The Morgan fingerprint density at radius 2 is 1.86 bits per heavy atom. The summed E-state index contributed by atoms with van der Waals surface area (Å²) in [5.41, 5.74) is 0. The van der Waals surface area contributed by atoms with Crippen molar-refractivity contribution in [2.24, 2.45) is 5.92 Å². The van der Waals surface area contributed by atoms with Crippen LogP contribution in [-0.2, 0) is 9.53 Å². The van der Waals surface area contributed by atoms with Gasteiger partial charge in [0.05, 0.1) is 12.5 Å². The van der Waals surface area contributed by atoms with E-state index >= 15 is 0 Å². The number of ether oxygens (including phenoxy) is 1. The predicted octanol–water partition coefficient (Wildman–Crippen LogP) is 3.55. The van der Waals surface area contributed by atoms with Crippen molar-refractivity contribution in [1.29, 1.82) is 0 Å². The van der Waals surface area contributed by atoms with Gasteiger partial charge in [0.1, 0.15) is 0 Å². The number of rotatable bonds is 8. The monoisotopic (exact) mass is 200 g/mol. The molecule has 0 fully saturated rings. The lowest BCUT2D eigenvalue weighted by Gasteiger charge is -2.12. The van der Waals surface area contributed by atoms with Crippen LogP contribution in [0.25, 0.3) is 0 Å². The van der Waals surface area contributed by atoms with Crippen molar-refractivity contribution in [3.05, 3.63) is 0 Å². The zero-order valence-corrected chi connectivity index (χ0v) is 9.84. The first-order valence-corrected chi connectivity index (χ1v) is 5.92. The molecule has 1 unspecified atom stereocenters. The molecule has 0 aliphatic heterocycles. The molecule has 0 aromatic rings. The molecule has 1 atom stereocenters. The SMILES string of the molecule is CCCCCOC(=O)C(CC)CCC. The summed E-state index contributed by atoms with van der Waals surface area (Å²) in [7, 11) is 0. The first-order chi connectivity index (χ1) is 6.76. The third kappa shape index (κ3) is 6.01. The minimum atomic E-state index is 0.00505. The van der Waals surface area contributed by atoms with E-state index in [1.54, 1.807) is 0 Å². The maximum absolute atomic E-state index is 11.5. The molecular formula is C12H24O2. The maximum Gasteiger partial charge on any atom is 0.308 e. The molecule has 0 aromatic carbocycles. The normalized spacial score (nSPS) is 12.5. The summed E-state index contributed by atoms with van der Waals surface area (Å²) >= 11 is 0. The number of hydrogen-bond donors (Lipinski definition) is 0. The molecule has 2 nitrogen and oxygen atoms in total. The highest BCUT2D eigenvalue weighted by Crippen LogP contribution is 2.12. The minimum Gasteiger partial charge on any atom is -0.465 e. The average Bonchev–Trinajstić information content (AvgIpc) is 2.20. The largest absolute Gasteiger partial charge is 0.465 e. The van der Waals surface area contributed by atoms with Gasteiger partial charge in [0.2, 0.25) is 0 Å². The van der Waals surface area contributed by atoms with E-state index < -0.39 is 0 Å². The quantitative estimate of drug-likeness (QED) is 0.442. The minimum absolute atomic E-state index is 0.00505. The fraction of sp³-hybridized carbons (Fsp3) is 0.917. The van der Waals surface area contributed by atoms with Crippen molar-refractivity contribution >= 4 is 5.97 Å². The van der Waals surface area contributed by atoms with Crippen LogP contribution in [0, 0.1) is 5.92 Å². The van der Waals surface area contributed by atoms with Crippen molar-refractivity contribution in [3.63, 3.8) is 0 Å². The van der Waals surface area contributed by atoms with Crippen LogP contribution in [0.5, 0.6) is 0 Å². The lowest BCUT2D eigenvalue weighted by Crippen LogP contribution is -2.17. The molecule has 0 rings (SSSR count). The third-order valence-electron chi connectivity index (χ3n) is 2.46. The summed E-state index contributed by atoms with van der Waals surface area (Å²) < 4.78 is 5.21. The van der Waals surface area contributed by atoms with Gasteiger partial charge in [-0.1, -0.05) is 40.0 Å². The fourth-order valence-electron chi connectivity index (χ4n) is 1.48. The second-order valence-corrected chi connectivity index (χ2v) is 3.77. The highest BCUT2D eigenvalue weighted by molar-refractivity contribution is 5.72. The average molecular weight is 200 g/mol.